The number of hydrogen-bond donors (Lipinski definition) is 0. The van der Waals surface area contributed by atoms with Gasteiger partial charge in [-0.1, -0.05) is 108 Å². The third kappa shape index (κ3) is 7.02. The summed E-state index contributed by atoms with van der Waals surface area (Å²) in [4.78, 5) is 49.6. The molecular formula is C48H34N10S2Zn. The van der Waals surface area contributed by atoms with Crippen LogP contribution in [0.5, 0.6) is 0 Å². The van der Waals surface area contributed by atoms with Crippen molar-refractivity contribution in [1.82, 2.24) is 39.9 Å². The molecule has 61 heavy (non-hydrogen) atoms. The Morgan fingerprint density at radius 3 is 1.08 bits per heavy atom. The van der Waals surface area contributed by atoms with Crippen molar-refractivity contribution in [1.29, 1.82) is 0 Å². The fraction of sp³-hybridized carbons (Fsp3) is 0.0833. The van der Waals surface area contributed by atoms with E-state index in [0.29, 0.717) is 45.9 Å². The van der Waals surface area contributed by atoms with Crippen LogP contribution in [0.25, 0.3) is 89.7 Å². The van der Waals surface area contributed by atoms with Crippen molar-refractivity contribution in [3.05, 3.63) is 133 Å². The first-order chi connectivity index (χ1) is 29.3. The molecule has 5 heterocycles. The van der Waals surface area contributed by atoms with Crippen molar-refractivity contribution in [2.45, 2.75) is 19.6 Å². The van der Waals surface area contributed by atoms with Gasteiger partial charge in [0.15, 0.2) is 0 Å². The molecule has 0 saturated carbocycles. The molecule has 0 aliphatic carbocycles. The Morgan fingerprint density at radius 2 is 0.721 bits per heavy atom. The van der Waals surface area contributed by atoms with Crippen LogP contribution in [-0.4, -0.2) is 58.1 Å². The van der Waals surface area contributed by atoms with Gasteiger partial charge in [-0.05, 0) is 70.1 Å². The van der Waals surface area contributed by atoms with E-state index in [0.717, 1.165) is 74.8 Å². The average Bonchev–Trinajstić information content (AvgIpc) is 3.99. The van der Waals surface area contributed by atoms with E-state index < -0.39 is 0 Å². The molecule has 13 heteroatoms. The molecule has 0 spiro atoms. The molecule has 0 fully saturated rings. The van der Waals surface area contributed by atoms with Crippen LogP contribution in [0, 0.1) is 0 Å². The predicted octanol–water partition coefficient (Wildman–Crippen LogP) is 10.6. The van der Waals surface area contributed by atoms with Crippen molar-refractivity contribution >= 4 is 79.0 Å². The van der Waals surface area contributed by atoms with Gasteiger partial charge in [0, 0.05) is 104 Å². The molecule has 9 aromatic rings. The van der Waals surface area contributed by atoms with E-state index in [4.69, 9.17) is 39.9 Å². The Labute approximate surface area is 372 Å². The zero-order chi connectivity index (χ0) is 40.5. The number of benzene rings is 6. The van der Waals surface area contributed by atoms with Crippen LogP contribution in [0.1, 0.15) is 0 Å². The molecule has 0 saturated heterocycles. The van der Waals surface area contributed by atoms with Crippen LogP contribution in [0.15, 0.2) is 153 Å². The molecular weight excluding hydrogens is 846 g/mol. The van der Waals surface area contributed by atoms with Crippen LogP contribution >= 0.6 is 23.5 Å². The first-order valence-corrected chi connectivity index (χ1v) is 21.0. The van der Waals surface area contributed by atoms with Gasteiger partial charge >= 0.3 is 19.5 Å². The molecule has 0 N–H and O–H groups in total. The topological polar surface area (TPSA) is 112 Å². The molecule has 0 atom stereocenters. The van der Waals surface area contributed by atoms with Gasteiger partial charge in [-0.15, -0.1) is 0 Å². The maximum absolute atomic E-state index is 5.25. The molecule has 11 rings (SSSR count). The smallest absolute Gasteiger partial charge is 0.378 e. The molecule has 0 amide bonds. The van der Waals surface area contributed by atoms with Crippen molar-refractivity contribution in [2.24, 2.45) is 0 Å². The van der Waals surface area contributed by atoms with Gasteiger partial charge in [0.2, 0.25) is 0 Å². The molecule has 2 aliphatic heterocycles. The van der Waals surface area contributed by atoms with Gasteiger partial charge in [0.1, 0.15) is 0 Å². The summed E-state index contributed by atoms with van der Waals surface area (Å²) in [7, 11) is 8.24. The SMILES string of the molecule is CN(C)c1cccc(Sc2cc3c4nc5nc(nc6[n-]c(nc7nc(nc([n-]4)c3cc2Sc2cccc(N(C)C)c2)-c2ccccc2-7)c2ccccc62)-c2ccccc2-5)c1.[Zn+2]. The minimum absolute atomic E-state index is 0. The van der Waals surface area contributed by atoms with Crippen molar-refractivity contribution < 1.29 is 19.5 Å². The summed E-state index contributed by atoms with van der Waals surface area (Å²) >= 11 is 3.44. The second-order valence-electron chi connectivity index (χ2n) is 15.0. The molecule has 6 aromatic carbocycles. The Kier molecular flexibility index (Phi) is 9.90. The predicted molar refractivity (Wildman–Crippen MR) is 244 cm³/mol. The number of fused-ring (bicyclic) bond motifs is 20. The molecule has 0 unspecified atom stereocenters. The fourth-order valence-electron chi connectivity index (χ4n) is 7.58. The third-order valence-corrected chi connectivity index (χ3v) is 12.8. The number of aromatic nitrogens is 8. The Morgan fingerprint density at radius 1 is 0.377 bits per heavy atom. The summed E-state index contributed by atoms with van der Waals surface area (Å²) in [5.41, 5.74) is 7.83. The number of nitrogens with zero attached hydrogens (tertiary/aromatic N) is 10. The fourth-order valence-corrected chi connectivity index (χ4v) is 9.66. The molecule has 0 radical (unpaired) electrons. The quantitative estimate of drug-likeness (QED) is 0.148. The minimum atomic E-state index is 0. The molecule has 3 aromatic heterocycles. The summed E-state index contributed by atoms with van der Waals surface area (Å²) < 4.78 is 0. The Balaban J connectivity index is 0.00000445. The van der Waals surface area contributed by atoms with Crippen LogP contribution in [-0.2, 0) is 19.5 Å². The summed E-state index contributed by atoms with van der Waals surface area (Å²) in [6, 6.07) is 45.7. The normalized spacial score (nSPS) is 11.6. The summed E-state index contributed by atoms with van der Waals surface area (Å²) in [5.74, 6) is 2.10. The second-order valence-corrected chi connectivity index (χ2v) is 17.2. The van der Waals surface area contributed by atoms with Gasteiger partial charge in [-0.25, -0.2) is 9.97 Å². The van der Waals surface area contributed by atoms with Gasteiger partial charge in [-0.3, -0.25) is 0 Å². The second kappa shape index (κ2) is 15.6. The first-order valence-electron chi connectivity index (χ1n) is 19.4. The van der Waals surface area contributed by atoms with Gasteiger partial charge < -0.3 is 39.7 Å². The standard InChI is InChI=1S/C48H34N10S2.Zn/c1-57(2)27-13-11-15-29(23-27)59-39-25-37-38(26-40(39)60-30-16-12-14-28(24-30)58(3)4)48-55-46-36-22-10-8-20-34(36)44(53-46)51-42-32-18-6-5-17-31(32)41(49-42)50-43-33-19-7-9-21-35(33)45(52-43)54-47(37)56-48;/h5-26H,1-4H3;/q-2;+2. The third-order valence-electron chi connectivity index (χ3n) is 10.6. The van der Waals surface area contributed by atoms with Crippen LogP contribution in [0.2, 0.25) is 0 Å². The van der Waals surface area contributed by atoms with Crippen molar-refractivity contribution in [2.75, 3.05) is 38.0 Å². The van der Waals surface area contributed by atoms with Crippen molar-refractivity contribution in [3.63, 3.8) is 0 Å². The maximum Gasteiger partial charge on any atom is 2.00 e. The number of hydrogen-bond acceptors (Lipinski definition) is 10. The van der Waals surface area contributed by atoms with Crippen LogP contribution in [0.4, 0.5) is 11.4 Å². The van der Waals surface area contributed by atoms with Gasteiger partial charge in [0.05, 0.1) is 23.3 Å². The van der Waals surface area contributed by atoms with Gasteiger partial charge in [0.25, 0.3) is 0 Å². The molecule has 8 bridgehead atoms. The van der Waals surface area contributed by atoms with E-state index >= 15 is 0 Å². The first kappa shape index (κ1) is 38.8. The van der Waals surface area contributed by atoms with E-state index in [2.05, 4.69) is 98.7 Å². The molecule has 290 valence electrons. The minimum Gasteiger partial charge on any atom is -0.378 e. The van der Waals surface area contributed by atoms with E-state index in [1.807, 2.05) is 72.8 Å². The number of anilines is 2. The maximum atomic E-state index is 5.25. The van der Waals surface area contributed by atoms with E-state index in [9.17, 15) is 0 Å². The molecule has 10 nitrogen and oxygen atoms in total. The van der Waals surface area contributed by atoms with E-state index in [-0.39, 0.29) is 19.5 Å². The summed E-state index contributed by atoms with van der Waals surface area (Å²) in [6.07, 6.45) is 0. The number of rotatable bonds is 6. The zero-order valence-corrected chi connectivity index (χ0v) is 38.3. The van der Waals surface area contributed by atoms with E-state index in [1.54, 1.807) is 23.5 Å². The monoisotopic (exact) mass is 878 g/mol. The van der Waals surface area contributed by atoms with Gasteiger partial charge in [-0.2, -0.15) is 0 Å². The van der Waals surface area contributed by atoms with E-state index in [1.165, 1.54) is 0 Å². The Bertz CT molecular complexity index is 3160. The van der Waals surface area contributed by atoms with Crippen LogP contribution in [0.3, 0.4) is 0 Å². The summed E-state index contributed by atoms with van der Waals surface area (Å²) in [5, 5.41) is 3.47. The van der Waals surface area contributed by atoms with Crippen molar-refractivity contribution in [3.8, 4) is 45.6 Å². The average molecular weight is 880 g/mol. The van der Waals surface area contributed by atoms with Crippen LogP contribution < -0.4 is 19.8 Å². The largest absolute Gasteiger partial charge is 2.00 e. The Hall–Kier alpha value is -6.40. The summed E-state index contributed by atoms with van der Waals surface area (Å²) in [6.45, 7) is 0. The zero-order valence-electron chi connectivity index (χ0n) is 33.7. The molecule has 2 aliphatic rings.